The van der Waals surface area contributed by atoms with Crippen LogP contribution in [0.1, 0.15) is 12.8 Å². The highest BCUT2D eigenvalue weighted by Crippen LogP contribution is 2.38. The first kappa shape index (κ1) is 24.5. The Morgan fingerprint density at radius 2 is 1.81 bits per heavy atom. The van der Waals surface area contributed by atoms with Crippen LogP contribution in [-0.4, -0.2) is 65.7 Å². The number of furan rings is 1. The molecule has 194 valence electrons. The third-order valence-corrected chi connectivity index (χ3v) is 7.70. The maximum absolute atomic E-state index is 13.6. The molecule has 4 aromatic rings. The molecule has 1 aliphatic rings. The van der Waals surface area contributed by atoms with Crippen molar-refractivity contribution in [2.24, 2.45) is 0 Å². The normalized spacial score (nSPS) is 16.0. The number of halogens is 1. The summed E-state index contributed by atoms with van der Waals surface area (Å²) in [7, 11) is -0.981. The van der Waals surface area contributed by atoms with Gasteiger partial charge < -0.3 is 18.8 Å². The summed E-state index contributed by atoms with van der Waals surface area (Å²) in [5, 5.41) is 7.53. The van der Waals surface area contributed by atoms with Crippen molar-refractivity contribution in [1.29, 1.82) is 0 Å². The zero-order valence-corrected chi connectivity index (χ0v) is 20.9. The number of para-hydroxylation sites is 1. The molecular formula is C23H24FN7O5S. The fraction of sp³-hybridized carbons (Fsp3) is 0.304. The Bertz CT molecular complexity index is 1450. The second-order valence-electron chi connectivity index (χ2n) is 8.23. The van der Waals surface area contributed by atoms with Crippen LogP contribution in [0, 0.1) is 5.82 Å². The Hall–Kier alpha value is -4.20. The lowest BCUT2D eigenvalue weighted by Crippen LogP contribution is -2.45. The van der Waals surface area contributed by atoms with Crippen molar-refractivity contribution in [3.05, 3.63) is 54.8 Å². The smallest absolute Gasteiger partial charge is 0.243 e. The Balaban J connectivity index is 1.52. The first-order valence-electron chi connectivity index (χ1n) is 11.4. The first-order chi connectivity index (χ1) is 17.9. The molecule has 4 heterocycles. The molecule has 1 atom stereocenters. The van der Waals surface area contributed by atoms with Crippen LogP contribution in [0.25, 0.3) is 17.3 Å². The molecule has 37 heavy (non-hydrogen) atoms. The van der Waals surface area contributed by atoms with E-state index in [1.54, 1.807) is 35.2 Å². The van der Waals surface area contributed by atoms with Gasteiger partial charge in [-0.25, -0.2) is 22.8 Å². The molecule has 1 saturated heterocycles. The highest BCUT2D eigenvalue weighted by Gasteiger charge is 2.34. The molecule has 1 aliphatic heterocycles. The number of sulfonamides is 1. The van der Waals surface area contributed by atoms with Gasteiger partial charge in [0.2, 0.25) is 27.7 Å². The number of methoxy groups -OCH3 is 2. The fourth-order valence-corrected chi connectivity index (χ4v) is 5.64. The summed E-state index contributed by atoms with van der Waals surface area (Å²) in [6.45, 7) is 0.674. The molecule has 1 N–H and O–H groups in total. The van der Waals surface area contributed by atoms with E-state index in [0.29, 0.717) is 42.3 Å². The number of nitrogens with zero attached hydrogens (tertiary/aromatic N) is 6. The lowest BCUT2D eigenvalue weighted by molar-refractivity contribution is 0.391. The van der Waals surface area contributed by atoms with Gasteiger partial charge in [-0.3, -0.25) is 9.29 Å². The van der Waals surface area contributed by atoms with Crippen molar-refractivity contribution < 1.29 is 26.7 Å². The molecule has 0 unspecified atom stereocenters. The molecule has 12 nitrogen and oxygen atoms in total. The van der Waals surface area contributed by atoms with Gasteiger partial charge in [0.15, 0.2) is 11.6 Å². The van der Waals surface area contributed by atoms with E-state index < -0.39 is 21.1 Å². The number of piperidine rings is 1. The summed E-state index contributed by atoms with van der Waals surface area (Å²) >= 11 is 0. The van der Waals surface area contributed by atoms with Crippen molar-refractivity contribution in [3.63, 3.8) is 0 Å². The maximum atomic E-state index is 13.6. The third-order valence-electron chi connectivity index (χ3n) is 5.97. The van der Waals surface area contributed by atoms with Crippen LogP contribution in [0.3, 0.4) is 0 Å². The molecule has 0 spiro atoms. The van der Waals surface area contributed by atoms with Crippen LogP contribution < -0.4 is 19.1 Å². The summed E-state index contributed by atoms with van der Waals surface area (Å²) in [5.74, 6) is 1.06. The van der Waals surface area contributed by atoms with Crippen LogP contribution in [0.15, 0.2) is 53.4 Å². The number of hydrogen-bond acceptors (Lipinski definition) is 10. The van der Waals surface area contributed by atoms with E-state index in [4.69, 9.17) is 13.9 Å². The van der Waals surface area contributed by atoms with E-state index in [-0.39, 0.29) is 24.3 Å². The molecule has 0 amide bonds. The second-order valence-corrected chi connectivity index (χ2v) is 10.2. The van der Waals surface area contributed by atoms with Crippen molar-refractivity contribution in [2.75, 3.05) is 36.9 Å². The lowest BCUT2D eigenvalue weighted by atomic mass is 10.1. The topological polar surface area (TPSA) is 138 Å². The Morgan fingerprint density at radius 3 is 2.46 bits per heavy atom. The number of hydrogen-bond donors (Lipinski definition) is 1. The first-order valence-corrected chi connectivity index (χ1v) is 12.9. The van der Waals surface area contributed by atoms with E-state index in [1.165, 1.54) is 25.0 Å². The van der Waals surface area contributed by atoms with Gasteiger partial charge in [0, 0.05) is 13.1 Å². The number of nitrogens with one attached hydrogen (secondary N) is 1. The van der Waals surface area contributed by atoms with Crippen molar-refractivity contribution in [3.8, 4) is 28.8 Å². The number of anilines is 2. The molecule has 0 bridgehead atoms. The molecule has 0 saturated carbocycles. The SMILES string of the molecule is COc1cccc(OC)c1-n1c(NS(=O)(=O)[C@H]2CCCN(c3ncc(F)cn3)C2)nnc1-c1ccco1. The molecule has 1 fully saturated rings. The van der Waals surface area contributed by atoms with E-state index in [9.17, 15) is 12.8 Å². The van der Waals surface area contributed by atoms with E-state index >= 15 is 0 Å². The average Bonchev–Trinajstić information content (AvgIpc) is 3.58. The third kappa shape index (κ3) is 4.79. The minimum atomic E-state index is -3.97. The second kappa shape index (κ2) is 10.0. The number of aromatic nitrogens is 5. The van der Waals surface area contributed by atoms with Gasteiger partial charge in [0.25, 0.3) is 0 Å². The van der Waals surface area contributed by atoms with Gasteiger partial charge in [-0.2, -0.15) is 0 Å². The Kier molecular flexibility index (Phi) is 6.65. The summed E-state index contributed by atoms with van der Waals surface area (Å²) in [4.78, 5) is 9.69. The van der Waals surface area contributed by atoms with Crippen molar-refractivity contribution >= 4 is 21.9 Å². The fourth-order valence-electron chi connectivity index (χ4n) is 4.23. The molecule has 0 radical (unpaired) electrons. The van der Waals surface area contributed by atoms with Crippen LogP contribution in [0.5, 0.6) is 11.5 Å². The van der Waals surface area contributed by atoms with Crippen molar-refractivity contribution in [1.82, 2.24) is 24.7 Å². The molecule has 3 aromatic heterocycles. The summed E-state index contributed by atoms with van der Waals surface area (Å²) in [6.07, 6.45) is 4.57. The standard InChI is InChI=1S/C23H24FN7O5S/c1-34-17-7-3-8-18(35-2)20(17)31-21(19-9-5-11-36-19)27-28-23(31)29-37(32,33)16-6-4-10-30(14-16)22-25-12-15(24)13-26-22/h3,5,7-9,11-13,16H,4,6,10,14H2,1-2H3,(H,28,29)/t16-/m0/s1. The van der Waals surface area contributed by atoms with Gasteiger partial charge in [-0.1, -0.05) is 6.07 Å². The Morgan fingerprint density at radius 1 is 1.08 bits per heavy atom. The molecule has 14 heteroatoms. The molecular weight excluding hydrogens is 505 g/mol. The van der Waals surface area contributed by atoms with E-state index in [2.05, 4.69) is 24.9 Å². The van der Waals surface area contributed by atoms with Crippen LogP contribution in [0.2, 0.25) is 0 Å². The van der Waals surface area contributed by atoms with Gasteiger partial charge in [-0.15, -0.1) is 10.2 Å². The van der Waals surface area contributed by atoms with Gasteiger partial charge in [0.1, 0.15) is 17.2 Å². The lowest BCUT2D eigenvalue weighted by Gasteiger charge is -2.32. The maximum Gasteiger partial charge on any atom is 0.243 e. The van der Waals surface area contributed by atoms with Gasteiger partial charge >= 0.3 is 0 Å². The van der Waals surface area contributed by atoms with Crippen LogP contribution in [0.4, 0.5) is 16.3 Å². The van der Waals surface area contributed by atoms with E-state index in [0.717, 1.165) is 12.4 Å². The monoisotopic (exact) mass is 529 g/mol. The van der Waals surface area contributed by atoms with Gasteiger partial charge in [0.05, 0.1) is 38.1 Å². The predicted octanol–water partition coefficient (Wildman–Crippen LogP) is 2.88. The predicted molar refractivity (Wildman–Crippen MR) is 132 cm³/mol. The van der Waals surface area contributed by atoms with Crippen molar-refractivity contribution in [2.45, 2.75) is 18.1 Å². The highest BCUT2D eigenvalue weighted by atomic mass is 32.2. The largest absolute Gasteiger partial charge is 0.494 e. The molecule has 1 aromatic carbocycles. The quantitative estimate of drug-likeness (QED) is 0.363. The summed E-state index contributed by atoms with van der Waals surface area (Å²) in [6, 6.07) is 8.54. The number of ether oxygens (including phenoxy) is 2. The Labute approximate surface area is 212 Å². The van der Waals surface area contributed by atoms with Gasteiger partial charge in [-0.05, 0) is 37.1 Å². The minimum absolute atomic E-state index is 0.0654. The van der Waals surface area contributed by atoms with Crippen LogP contribution >= 0.6 is 0 Å². The summed E-state index contributed by atoms with van der Waals surface area (Å²) < 4.78 is 61.1. The van der Waals surface area contributed by atoms with Crippen LogP contribution in [-0.2, 0) is 10.0 Å². The number of benzene rings is 1. The minimum Gasteiger partial charge on any atom is -0.494 e. The molecule has 5 rings (SSSR count). The summed E-state index contributed by atoms with van der Waals surface area (Å²) in [5.41, 5.74) is 0.395. The number of rotatable bonds is 8. The van der Waals surface area contributed by atoms with E-state index in [1.807, 2.05) is 0 Å². The zero-order chi connectivity index (χ0) is 26.0. The highest BCUT2D eigenvalue weighted by molar-refractivity contribution is 7.93. The zero-order valence-electron chi connectivity index (χ0n) is 20.0. The molecule has 0 aliphatic carbocycles. The average molecular weight is 530 g/mol.